The van der Waals surface area contributed by atoms with E-state index in [1.807, 2.05) is 24.3 Å². The Hall–Kier alpha value is -2.48. The van der Waals surface area contributed by atoms with Crippen LogP contribution >= 0.6 is 15.9 Å². The number of carbonyl (C=O) groups excluding carboxylic acids is 1. The molecule has 1 amide bonds. The van der Waals surface area contributed by atoms with Crippen molar-refractivity contribution in [2.45, 2.75) is 13.1 Å². The second-order valence-electron chi connectivity index (χ2n) is 5.72. The molecule has 26 heavy (non-hydrogen) atoms. The van der Waals surface area contributed by atoms with Crippen molar-refractivity contribution in [3.05, 3.63) is 64.1 Å². The van der Waals surface area contributed by atoms with Crippen molar-refractivity contribution in [1.82, 2.24) is 20.5 Å². The molecule has 1 aromatic carbocycles. The first kappa shape index (κ1) is 19.8. The minimum Gasteiger partial charge on any atom is -0.351 e. The summed E-state index contributed by atoms with van der Waals surface area (Å²) < 4.78 is 14.7. The van der Waals surface area contributed by atoms with Crippen LogP contribution in [0.25, 0.3) is 0 Å². The van der Waals surface area contributed by atoms with Gasteiger partial charge in [0.1, 0.15) is 5.82 Å². The normalized spacial score (nSPS) is 11.2. The van der Waals surface area contributed by atoms with Crippen LogP contribution in [0.3, 0.4) is 0 Å². The molecule has 6 nitrogen and oxygen atoms in total. The SMILES string of the molecule is CN(C)C(=O)CNC(=NCc1ccc(Br)cc1)NCc1ncccc1F. The van der Waals surface area contributed by atoms with Gasteiger partial charge in [-0.3, -0.25) is 9.78 Å². The first-order valence-electron chi connectivity index (χ1n) is 8.02. The molecule has 2 aromatic rings. The number of benzene rings is 1. The Morgan fingerprint density at radius 1 is 1.23 bits per heavy atom. The number of aromatic nitrogens is 1. The maximum absolute atomic E-state index is 13.7. The van der Waals surface area contributed by atoms with E-state index >= 15 is 0 Å². The molecule has 0 radical (unpaired) electrons. The van der Waals surface area contributed by atoms with Crippen LogP contribution < -0.4 is 10.6 Å². The van der Waals surface area contributed by atoms with Crippen LogP contribution in [0.1, 0.15) is 11.3 Å². The van der Waals surface area contributed by atoms with Crippen LogP contribution in [0.4, 0.5) is 4.39 Å². The summed E-state index contributed by atoms with van der Waals surface area (Å²) in [5.41, 5.74) is 1.29. The van der Waals surface area contributed by atoms with Crippen LogP contribution in [-0.4, -0.2) is 42.4 Å². The van der Waals surface area contributed by atoms with Crippen molar-refractivity contribution >= 4 is 27.8 Å². The van der Waals surface area contributed by atoms with E-state index in [9.17, 15) is 9.18 Å². The Bertz CT molecular complexity index is 764. The summed E-state index contributed by atoms with van der Waals surface area (Å²) in [6.07, 6.45) is 1.53. The predicted octanol–water partition coefficient (Wildman–Crippen LogP) is 2.31. The van der Waals surface area contributed by atoms with Crippen molar-refractivity contribution in [3.8, 4) is 0 Å². The van der Waals surface area contributed by atoms with Gasteiger partial charge in [0.2, 0.25) is 5.91 Å². The van der Waals surface area contributed by atoms with Gasteiger partial charge >= 0.3 is 0 Å². The molecule has 1 heterocycles. The maximum Gasteiger partial charge on any atom is 0.241 e. The number of nitrogens with zero attached hydrogens (tertiary/aromatic N) is 3. The number of amides is 1. The number of nitrogens with one attached hydrogen (secondary N) is 2. The predicted molar refractivity (Wildman–Crippen MR) is 103 cm³/mol. The summed E-state index contributed by atoms with van der Waals surface area (Å²) in [5.74, 6) is -0.0723. The van der Waals surface area contributed by atoms with Crippen molar-refractivity contribution in [2.75, 3.05) is 20.6 Å². The van der Waals surface area contributed by atoms with Gasteiger partial charge in [-0.15, -0.1) is 0 Å². The van der Waals surface area contributed by atoms with Crippen molar-refractivity contribution < 1.29 is 9.18 Å². The smallest absolute Gasteiger partial charge is 0.241 e. The standard InChI is InChI=1S/C18H21BrFN5O/c1-25(2)17(26)12-24-18(22-10-13-5-7-14(19)8-6-13)23-11-16-15(20)4-3-9-21-16/h3-9H,10-12H2,1-2H3,(H2,22,23,24). The number of carbonyl (C=O) groups is 1. The van der Waals surface area contributed by atoms with E-state index in [-0.39, 0.29) is 24.7 Å². The van der Waals surface area contributed by atoms with E-state index in [2.05, 4.69) is 36.5 Å². The van der Waals surface area contributed by atoms with Crippen LogP contribution in [0.2, 0.25) is 0 Å². The zero-order valence-corrected chi connectivity index (χ0v) is 16.3. The fraction of sp³-hybridized carbons (Fsp3) is 0.278. The minimum absolute atomic E-state index is 0.0872. The number of halogens is 2. The highest BCUT2D eigenvalue weighted by atomic mass is 79.9. The monoisotopic (exact) mass is 421 g/mol. The number of hydrogen-bond acceptors (Lipinski definition) is 3. The summed E-state index contributed by atoms with van der Waals surface area (Å²) in [4.78, 5) is 21.7. The fourth-order valence-electron chi connectivity index (χ4n) is 1.97. The van der Waals surface area contributed by atoms with Gasteiger partial charge in [0.05, 0.1) is 25.3 Å². The van der Waals surface area contributed by atoms with Gasteiger partial charge in [0, 0.05) is 24.8 Å². The third-order valence-corrected chi connectivity index (χ3v) is 4.03. The Labute approximate surface area is 160 Å². The van der Waals surface area contributed by atoms with E-state index in [1.165, 1.54) is 23.2 Å². The number of rotatable bonds is 6. The fourth-order valence-corrected chi connectivity index (χ4v) is 2.23. The number of hydrogen-bond donors (Lipinski definition) is 2. The summed E-state index contributed by atoms with van der Waals surface area (Å²) in [6, 6.07) is 10.7. The van der Waals surface area contributed by atoms with Gasteiger partial charge in [-0.1, -0.05) is 28.1 Å². The van der Waals surface area contributed by atoms with E-state index in [0.717, 1.165) is 10.0 Å². The molecule has 138 valence electrons. The van der Waals surface area contributed by atoms with E-state index in [4.69, 9.17) is 0 Å². The molecule has 0 saturated carbocycles. The van der Waals surface area contributed by atoms with E-state index < -0.39 is 5.82 Å². The van der Waals surface area contributed by atoms with Crippen LogP contribution in [0.15, 0.2) is 52.1 Å². The Kier molecular flexibility index (Phi) is 7.53. The lowest BCUT2D eigenvalue weighted by Crippen LogP contribution is -2.42. The second kappa shape index (κ2) is 9.86. The third kappa shape index (κ3) is 6.44. The van der Waals surface area contributed by atoms with Crippen molar-refractivity contribution in [3.63, 3.8) is 0 Å². The lowest BCUT2D eigenvalue weighted by atomic mass is 10.2. The molecule has 0 spiro atoms. The quantitative estimate of drug-likeness (QED) is 0.554. The third-order valence-electron chi connectivity index (χ3n) is 3.50. The van der Waals surface area contributed by atoms with Crippen molar-refractivity contribution in [1.29, 1.82) is 0 Å². The highest BCUT2D eigenvalue weighted by Crippen LogP contribution is 2.11. The molecule has 0 aliphatic heterocycles. The molecule has 0 unspecified atom stereocenters. The van der Waals surface area contributed by atoms with Gasteiger partial charge in [-0.05, 0) is 29.8 Å². The average molecular weight is 422 g/mol. The Morgan fingerprint density at radius 2 is 1.96 bits per heavy atom. The first-order chi connectivity index (χ1) is 12.5. The van der Waals surface area contributed by atoms with Gasteiger partial charge < -0.3 is 15.5 Å². The lowest BCUT2D eigenvalue weighted by Gasteiger charge is -2.15. The Morgan fingerprint density at radius 3 is 2.62 bits per heavy atom. The largest absolute Gasteiger partial charge is 0.351 e. The first-order valence-corrected chi connectivity index (χ1v) is 8.81. The molecule has 2 rings (SSSR count). The average Bonchev–Trinajstić information content (AvgIpc) is 2.63. The van der Waals surface area contributed by atoms with E-state index in [0.29, 0.717) is 12.5 Å². The molecule has 0 fully saturated rings. The zero-order valence-electron chi connectivity index (χ0n) is 14.7. The van der Waals surface area contributed by atoms with Gasteiger partial charge in [-0.25, -0.2) is 9.38 Å². The maximum atomic E-state index is 13.7. The molecule has 0 aliphatic carbocycles. The second-order valence-corrected chi connectivity index (χ2v) is 6.63. The number of likely N-dealkylation sites (N-methyl/N-ethyl adjacent to an activating group) is 1. The molecule has 0 atom stereocenters. The number of pyridine rings is 1. The van der Waals surface area contributed by atoms with Gasteiger partial charge in [-0.2, -0.15) is 0 Å². The summed E-state index contributed by atoms with van der Waals surface area (Å²) in [6.45, 7) is 0.669. The molecule has 0 bridgehead atoms. The van der Waals surface area contributed by atoms with Crippen LogP contribution in [0.5, 0.6) is 0 Å². The summed E-state index contributed by atoms with van der Waals surface area (Å²) in [5, 5.41) is 5.97. The van der Waals surface area contributed by atoms with Crippen LogP contribution in [0, 0.1) is 5.82 Å². The Balaban J connectivity index is 2.04. The molecular weight excluding hydrogens is 401 g/mol. The molecule has 8 heteroatoms. The lowest BCUT2D eigenvalue weighted by molar-refractivity contribution is -0.127. The summed E-state index contributed by atoms with van der Waals surface area (Å²) >= 11 is 3.39. The molecular formula is C18H21BrFN5O. The van der Waals surface area contributed by atoms with Gasteiger partial charge in [0.15, 0.2) is 5.96 Å². The molecule has 0 saturated heterocycles. The molecule has 0 aliphatic rings. The van der Waals surface area contributed by atoms with Crippen LogP contribution in [-0.2, 0) is 17.9 Å². The number of guanidine groups is 1. The topological polar surface area (TPSA) is 69.6 Å². The van der Waals surface area contributed by atoms with E-state index in [1.54, 1.807) is 14.1 Å². The molecule has 2 N–H and O–H groups in total. The van der Waals surface area contributed by atoms with Gasteiger partial charge in [0.25, 0.3) is 0 Å². The highest BCUT2D eigenvalue weighted by molar-refractivity contribution is 9.10. The highest BCUT2D eigenvalue weighted by Gasteiger charge is 2.08. The summed E-state index contributed by atoms with van der Waals surface area (Å²) in [7, 11) is 3.36. The minimum atomic E-state index is -0.392. The van der Waals surface area contributed by atoms with Crippen molar-refractivity contribution in [2.24, 2.45) is 4.99 Å². The number of aliphatic imine (C=N–C) groups is 1. The molecule has 1 aromatic heterocycles. The zero-order chi connectivity index (χ0) is 18.9.